The lowest BCUT2D eigenvalue weighted by Crippen LogP contribution is -1.93. The molecule has 0 saturated carbocycles. The number of benzene rings is 4. The Kier molecular flexibility index (Phi) is 4.95. The van der Waals surface area contributed by atoms with Crippen LogP contribution >= 0.6 is 0 Å². The molecule has 0 unspecified atom stereocenters. The van der Waals surface area contributed by atoms with Gasteiger partial charge >= 0.3 is 0 Å². The van der Waals surface area contributed by atoms with Crippen molar-refractivity contribution in [3.63, 3.8) is 0 Å². The molecule has 0 saturated heterocycles. The Balaban J connectivity index is 1.55. The Morgan fingerprint density at radius 3 is 2.32 bits per heavy atom. The highest BCUT2D eigenvalue weighted by molar-refractivity contribution is 6.10. The van der Waals surface area contributed by atoms with E-state index in [1.807, 2.05) is 12.1 Å². The number of aromatic nitrogens is 1. The van der Waals surface area contributed by atoms with E-state index in [9.17, 15) is 4.79 Å². The van der Waals surface area contributed by atoms with Gasteiger partial charge in [-0.15, -0.1) is 0 Å². The molecular formula is C32H27NO. The molecule has 0 N–H and O–H groups in total. The molecule has 6 rings (SSSR count). The topological polar surface area (TPSA) is 22.0 Å². The quantitative estimate of drug-likeness (QED) is 0.257. The zero-order valence-electron chi connectivity index (χ0n) is 19.6. The van der Waals surface area contributed by atoms with Crippen LogP contribution in [-0.4, -0.2) is 10.9 Å². The second kappa shape index (κ2) is 8.14. The van der Waals surface area contributed by atoms with Gasteiger partial charge in [0, 0.05) is 33.9 Å². The molecule has 166 valence electrons. The second-order valence-electron chi connectivity index (χ2n) is 9.16. The van der Waals surface area contributed by atoms with E-state index in [2.05, 4.69) is 91.2 Å². The predicted octanol–water partition coefficient (Wildman–Crippen LogP) is 8.31. The number of carbonyl (C=O) groups is 1. The van der Waals surface area contributed by atoms with Crippen molar-refractivity contribution in [1.29, 1.82) is 0 Å². The van der Waals surface area contributed by atoms with E-state index >= 15 is 0 Å². The van der Waals surface area contributed by atoms with Gasteiger partial charge in [-0.3, -0.25) is 4.79 Å². The van der Waals surface area contributed by atoms with E-state index in [4.69, 9.17) is 0 Å². The first kappa shape index (κ1) is 20.7. The first-order chi connectivity index (χ1) is 16.7. The van der Waals surface area contributed by atoms with Crippen LogP contribution in [0, 0.1) is 0 Å². The zero-order chi connectivity index (χ0) is 23.2. The molecule has 0 fully saturated rings. The molecule has 1 aromatic heterocycles. The van der Waals surface area contributed by atoms with Crippen LogP contribution in [0.3, 0.4) is 0 Å². The average Bonchev–Trinajstić information content (AvgIpc) is 3.10. The van der Waals surface area contributed by atoms with Crippen molar-refractivity contribution >= 4 is 34.2 Å². The molecule has 5 aromatic rings. The van der Waals surface area contributed by atoms with Crippen LogP contribution in [0.5, 0.6) is 0 Å². The third-order valence-electron chi connectivity index (χ3n) is 7.27. The monoisotopic (exact) mass is 441 g/mol. The lowest BCUT2D eigenvalue weighted by molar-refractivity contribution is 0.112. The SMILES string of the molecule is CCC1=Cc2ccccc2-c2cc(-c3ccc4c(c3)c3cc(C=O)ccc3n4CC)ccc2C1. The maximum Gasteiger partial charge on any atom is 0.150 e. The van der Waals surface area contributed by atoms with Gasteiger partial charge in [-0.25, -0.2) is 0 Å². The molecule has 0 aliphatic heterocycles. The van der Waals surface area contributed by atoms with Crippen LogP contribution in [0.15, 0.2) is 84.4 Å². The van der Waals surface area contributed by atoms with Crippen molar-refractivity contribution < 1.29 is 4.79 Å². The Morgan fingerprint density at radius 1 is 0.794 bits per heavy atom. The molecule has 1 heterocycles. The number of aryl methyl sites for hydroxylation is 1. The number of carbonyl (C=O) groups excluding carboxylic acids is 1. The lowest BCUT2D eigenvalue weighted by Gasteiger charge is -2.13. The summed E-state index contributed by atoms with van der Waals surface area (Å²) in [5.74, 6) is 0. The molecule has 2 nitrogen and oxygen atoms in total. The number of hydrogen-bond donors (Lipinski definition) is 0. The third-order valence-corrected chi connectivity index (χ3v) is 7.27. The highest BCUT2D eigenvalue weighted by atomic mass is 16.1. The van der Waals surface area contributed by atoms with Gasteiger partial charge in [0.15, 0.2) is 0 Å². The fraction of sp³-hybridized carbons (Fsp3) is 0.156. The first-order valence-corrected chi connectivity index (χ1v) is 12.1. The van der Waals surface area contributed by atoms with E-state index in [1.54, 1.807) is 0 Å². The predicted molar refractivity (Wildman–Crippen MR) is 143 cm³/mol. The number of allylic oxidation sites excluding steroid dienone is 1. The van der Waals surface area contributed by atoms with Crippen LogP contribution < -0.4 is 0 Å². The summed E-state index contributed by atoms with van der Waals surface area (Å²) in [4.78, 5) is 11.4. The van der Waals surface area contributed by atoms with E-state index in [0.29, 0.717) is 5.56 Å². The van der Waals surface area contributed by atoms with Crippen LogP contribution in [0.2, 0.25) is 0 Å². The van der Waals surface area contributed by atoms with Crippen molar-refractivity contribution in [2.24, 2.45) is 0 Å². The standard InChI is InChI=1S/C32H27NO/c1-3-21-15-25-7-5-6-8-27(25)28-18-23(10-11-26(28)16-21)24-12-14-32-30(19-24)29-17-22(20-34)9-13-31(29)33(32)4-2/h5-15,17-20H,3-4,16H2,1-2H3. The third kappa shape index (κ3) is 3.21. The summed E-state index contributed by atoms with van der Waals surface area (Å²) in [5, 5.41) is 2.34. The Morgan fingerprint density at radius 2 is 1.53 bits per heavy atom. The van der Waals surface area contributed by atoms with Crippen molar-refractivity contribution in [3.8, 4) is 22.3 Å². The Bertz CT molecular complexity index is 1620. The molecule has 0 radical (unpaired) electrons. The van der Waals surface area contributed by atoms with Crippen LogP contribution in [-0.2, 0) is 13.0 Å². The summed E-state index contributed by atoms with van der Waals surface area (Å²) < 4.78 is 2.33. The second-order valence-corrected chi connectivity index (χ2v) is 9.16. The van der Waals surface area contributed by atoms with Gasteiger partial charge in [0.05, 0.1) is 0 Å². The summed E-state index contributed by atoms with van der Waals surface area (Å²) in [5.41, 5.74) is 12.3. The van der Waals surface area contributed by atoms with Crippen LogP contribution in [0.4, 0.5) is 0 Å². The van der Waals surface area contributed by atoms with Gasteiger partial charge in [-0.1, -0.05) is 61.0 Å². The molecule has 0 bridgehead atoms. The molecule has 2 heteroatoms. The van der Waals surface area contributed by atoms with Gasteiger partial charge < -0.3 is 4.57 Å². The molecule has 0 spiro atoms. The number of aldehydes is 1. The molecule has 1 aliphatic carbocycles. The zero-order valence-corrected chi connectivity index (χ0v) is 19.6. The maximum atomic E-state index is 11.4. The van der Waals surface area contributed by atoms with Crippen molar-refractivity contribution in [1.82, 2.24) is 4.57 Å². The summed E-state index contributed by atoms with van der Waals surface area (Å²) in [6.45, 7) is 5.30. The minimum atomic E-state index is 0.717. The van der Waals surface area contributed by atoms with Gasteiger partial charge in [-0.05, 0) is 89.5 Å². The van der Waals surface area contributed by atoms with Crippen LogP contribution in [0.1, 0.15) is 41.8 Å². The largest absolute Gasteiger partial charge is 0.341 e. The van der Waals surface area contributed by atoms with Crippen molar-refractivity contribution in [2.45, 2.75) is 33.2 Å². The van der Waals surface area contributed by atoms with Gasteiger partial charge in [-0.2, -0.15) is 0 Å². The fourth-order valence-electron chi connectivity index (χ4n) is 5.49. The fourth-order valence-corrected chi connectivity index (χ4v) is 5.49. The summed E-state index contributed by atoms with van der Waals surface area (Å²) in [7, 11) is 0. The van der Waals surface area contributed by atoms with E-state index in [-0.39, 0.29) is 0 Å². The minimum Gasteiger partial charge on any atom is -0.341 e. The Labute approximate surface area is 200 Å². The van der Waals surface area contributed by atoms with E-state index < -0.39 is 0 Å². The minimum absolute atomic E-state index is 0.717. The summed E-state index contributed by atoms with van der Waals surface area (Å²) in [6.07, 6.45) is 5.36. The first-order valence-electron chi connectivity index (χ1n) is 12.1. The highest BCUT2D eigenvalue weighted by Crippen LogP contribution is 2.38. The molecular weight excluding hydrogens is 414 g/mol. The van der Waals surface area contributed by atoms with Gasteiger partial charge in [0.1, 0.15) is 6.29 Å². The van der Waals surface area contributed by atoms with E-state index in [0.717, 1.165) is 31.1 Å². The number of hydrogen-bond acceptors (Lipinski definition) is 1. The number of rotatable bonds is 4. The average molecular weight is 442 g/mol. The molecule has 1 aliphatic rings. The van der Waals surface area contributed by atoms with Crippen molar-refractivity contribution in [2.75, 3.05) is 0 Å². The highest BCUT2D eigenvalue weighted by Gasteiger charge is 2.16. The van der Waals surface area contributed by atoms with Crippen molar-refractivity contribution in [3.05, 3.63) is 101 Å². The van der Waals surface area contributed by atoms with Gasteiger partial charge in [0.25, 0.3) is 0 Å². The molecule has 34 heavy (non-hydrogen) atoms. The number of nitrogens with zero attached hydrogens (tertiary/aromatic N) is 1. The number of fused-ring (bicyclic) bond motifs is 6. The molecule has 4 aromatic carbocycles. The van der Waals surface area contributed by atoms with E-state index in [1.165, 1.54) is 55.4 Å². The normalized spacial score (nSPS) is 12.8. The van der Waals surface area contributed by atoms with Crippen LogP contribution in [0.25, 0.3) is 50.1 Å². The smallest absolute Gasteiger partial charge is 0.150 e. The maximum absolute atomic E-state index is 11.4. The lowest BCUT2D eigenvalue weighted by atomic mass is 9.91. The summed E-state index contributed by atoms with van der Waals surface area (Å²) in [6, 6.07) is 28.4. The molecule has 0 atom stereocenters. The van der Waals surface area contributed by atoms with Gasteiger partial charge in [0.2, 0.25) is 0 Å². The Hall–Kier alpha value is -3.91. The summed E-state index contributed by atoms with van der Waals surface area (Å²) >= 11 is 0. The molecule has 0 amide bonds.